The highest BCUT2D eigenvalue weighted by atomic mass is 19.1. The summed E-state index contributed by atoms with van der Waals surface area (Å²) in [5.41, 5.74) is 0.436. The van der Waals surface area contributed by atoms with Gasteiger partial charge in [0.05, 0.1) is 0 Å². The molecule has 7 nitrogen and oxygen atoms in total. The van der Waals surface area contributed by atoms with Crippen molar-refractivity contribution in [2.24, 2.45) is 11.8 Å². The van der Waals surface area contributed by atoms with Gasteiger partial charge in [0.25, 0.3) is 5.56 Å². The number of likely N-dealkylation sites (tertiary alicyclic amines) is 1. The van der Waals surface area contributed by atoms with Crippen molar-refractivity contribution < 1.29 is 13.9 Å². The van der Waals surface area contributed by atoms with E-state index in [1.165, 1.54) is 4.52 Å². The maximum atomic E-state index is 15.3. The summed E-state index contributed by atoms with van der Waals surface area (Å²) in [6.07, 6.45) is 3.36. The fourth-order valence-electron chi connectivity index (χ4n) is 5.19. The molecule has 0 aromatic carbocycles. The zero-order valence-corrected chi connectivity index (χ0v) is 20.2. The van der Waals surface area contributed by atoms with Crippen LogP contribution in [0.25, 0.3) is 5.65 Å². The van der Waals surface area contributed by atoms with Crippen LogP contribution in [0, 0.1) is 17.7 Å². The third kappa shape index (κ3) is 3.92. The second-order valence-corrected chi connectivity index (χ2v) is 11.1. The van der Waals surface area contributed by atoms with E-state index in [1.54, 1.807) is 0 Å². The molecule has 3 atom stereocenters. The first kappa shape index (κ1) is 22.8. The van der Waals surface area contributed by atoms with E-state index in [9.17, 15) is 9.59 Å². The minimum absolute atomic E-state index is 0.00982. The first-order valence-electron chi connectivity index (χ1n) is 11.7. The van der Waals surface area contributed by atoms with Gasteiger partial charge in [0.15, 0.2) is 11.5 Å². The summed E-state index contributed by atoms with van der Waals surface area (Å²) in [6.45, 7) is 14.6. The van der Waals surface area contributed by atoms with Crippen LogP contribution in [0.5, 0.6) is 0 Å². The third-order valence-corrected chi connectivity index (χ3v) is 6.75. The molecule has 4 rings (SSSR count). The zero-order chi connectivity index (χ0) is 23.5. The maximum Gasteiger partial charge on any atom is 0.410 e. The molecule has 1 amide bonds. The van der Waals surface area contributed by atoms with Crippen LogP contribution < -0.4 is 5.56 Å². The van der Waals surface area contributed by atoms with Gasteiger partial charge in [-0.3, -0.25) is 4.79 Å². The molecule has 2 aliphatic rings. The lowest BCUT2D eigenvalue weighted by Gasteiger charge is -2.33. The summed E-state index contributed by atoms with van der Waals surface area (Å²) in [7, 11) is 0. The molecule has 1 aliphatic heterocycles. The molecule has 2 aromatic rings. The molecule has 32 heavy (non-hydrogen) atoms. The molecule has 0 radical (unpaired) electrons. The zero-order valence-electron chi connectivity index (χ0n) is 20.2. The normalized spacial score (nSPS) is 23.2. The molecule has 3 heterocycles. The van der Waals surface area contributed by atoms with Gasteiger partial charge in [0.2, 0.25) is 0 Å². The van der Waals surface area contributed by atoms with Gasteiger partial charge in [0.1, 0.15) is 11.3 Å². The summed E-state index contributed by atoms with van der Waals surface area (Å²) in [4.78, 5) is 27.4. The Morgan fingerprint density at radius 3 is 2.44 bits per heavy atom. The van der Waals surface area contributed by atoms with Crippen LogP contribution in [0.2, 0.25) is 0 Å². The minimum atomic E-state index is -0.513. The molecular weight excluding hydrogens is 411 g/mol. The van der Waals surface area contributed by atoms with Gasteiger partial charge in [0, 0.05) is 36.8 Å². The number of carbonyl (C=O) groups excluding carboxylic acids is 1. The van der Waals surface area contributed by atoms with Crippen molar-refractivity contribution >= 4 is 11.7 Å². The lowest BCUT2D eigenvalue weighted by Crippen LogP contribution is -2.43. The third-order valence-electron chi connectivity index (χ3n) is 6.75. The second-order valence-electron chi connectivity index (χ2n) is 11.1. The van der Waals surface area contributed by atoms with E-state index < -0.39 is 11.4 Å². The first-order chi connectivity index (χ1) is 14.9. The van der Waals surface area contributed by atoms with E-state index in [4.69, 9.17) is 4.74 Å². The van der Waals surface area contributed by atoms with E-state index in [2.05, 4.69) is 5.10 Å². The van der Waals surface area contributed by atoms with E-state index in [-0.39, 0.29) is 35.2 Å². The molecule has 0 unspecified atom stereocenters. The largest absolute Gasteiger partial charge is 0.444 e. The topological polar surface area (TPSA) is 68.8 Å². The van der Waals surface area contributed by atoms with Crippen molar-refractivity contribution in [2.75, 3.05) is 6.54 Å². The highest BCUT2D eigenvalue weighted by Gasteiger charge is 2.47. The molecular formula is C24H35FN4O3. The smallest absolute Gasteiger partial charge is 0.410 e. The fourth-order valence-corrected chi connectivity index (χ4v) is 5.19. The summed E-state index contributed by atoms with van der Waals surface area (Å²) < 4.78 is 24.0. The van der Waals surface area contributed by atoms with Gasteiger partial charge in [-0.2, -0.15) is 9.61 Å². The Balaban J connectivity index is 1.63. The lowest BCUT2D eigenvalue weighted by molar-refractivity contribution is 0.0156. The molecule has 1 aliphatic carbocycles. The standard InChI is InChI=1S/C24H35FN4O3/c1-13(2)18-12-27(21-19(25)20(14(3)4)26-29(21)22(18)30)10-15-8-17-9-16(15)11-28(17)23(31)32-24(5,6)7/h12-17H,8-11H2,1-7H3/t15-,16-,17+/m1/s1. The fraction of sp³-hybridized carbons (Fsp3) is 0.708. The van der Waals surface area contributed by atoms with Gasteiger partial charge >= 0.3 is 6.09 Å². The Hall–Kier alpha value is -2.38. The van der Waals surface area contributed by atoms with E-state index in [1.807, 2.05) is 64.1 Å². The molecule has 0 spiro atoms. The number of hydrogen-bond acceptors (Lipinski definition) is 4. The lowest BCUT2D eigenvalue weighted by atomic mass is 9.94. The molecule has 2 aromatic heterocycles. The van der Waals surface area contributed by atoms with Crippen LogP contribution in [0.4, 0.5) is 9.18 Å². The number of aromatic nitrogens is 3. The second kappa shape index (κ2) is 7.89. The molecule has 176 valence electrons. The number of fused-ring (bicyclic) bond motifs is 3. The Morgan fingerprint density at radius 1 is 1.22 bits per heavy atom. The van der Waals surface area contributed by atoms with E-state index in [0.717, 1.165) is 12.8 Å². The Morgan fingerprint density at radius 2 is 1.91 bits per heavy atom. The monoisotopic (exact) mass is 446 g/mol. The molecule has 2 bridgehead atoms. The maximum absolute atomic E-state index is 15.3. The van der Waals surface area contributed by atoms with Gasteiger partial charge in [-0.05, 0) is 51.4 Å². The minimum Gasteiger partial charge on any atom is -0.444 e. The van der Waals surface area contributed by atoms with E-state index >= 15 is 4.39 Å². The van der Waals surface area contributed by atoms with Crippen LogP contribution in [0.1, 0.15) is 84.4 Å². The number of amides is 1. The SMILES string of the molecule is CC(C)c1nn2c(=O)c(C(C)C)cn(C[C@H]3C[C@H]4C[C@@H]3CN4C(=O)OC(C)(C)C)c2c1F. The van der Waals surface area contributed by atoms with Gasteiger partial charge in [-0.25, -0.2) is 9.18 Å². The molecule has 8 heteroatoms. The average molecular weight is 447 g/mol. The van der Waals surface area contributed by atoms with Crippen molar-refractivity contribution in [3.8, 4) is 0 Å². The Bertz CT molecular complexity index is 1100. The number of carbonyl (C=O) groups is 1. The predicted octanol–water partition coefficient (Wildman–Crippen LogP) is 4.53. The number of piperidine rings is 1. The van der Waals surface area contributed by atoms with Crippen LogP contribution in [0.15, 0.2) is 11.0 Å². The number of ether oxygens (including phenoxy) is 1. The number of rotatable bonds is 4. The molecule has 1 saturated carbocycles. The van der Waals surface area contributed by atoms with Gasteiger partial charge in [-0.15, -0.1) is 0 Å². The van der Waals surface area contributed by atoms with Crippen molar-refractivity contribution in [2.45, 2.75) is 91.3 Å². The first-order valence-corrected chi connectivity index (χ1v) is 11.7. The van der Waals surface area contributed by atoms with Crippen molar-refractivity contribution in [1.29, 1.82) is 0 Å². The van der Waals surface area contributed by atoms with E-state index in [0.29, 0.717) is 36.2 Å². The highest BCUT2D eigenvalue weighted by Crippen LogP contribution is 2.43. The van der Waals surface area contributed by atoms with Gasteiger partial charge in [-0.1, -0.05) is 27.7 Å². The van der Waals surface area contributed by atoms with Crippen molar-refractivity contribution in [1.82, 2.24) is 19.1 Å². The number of halogens is 1. The summed E-state index contributed by atoms with van der Waals surface area (Å²) in [6, 6.07) is 0.154. The molecule has 1 saturated heterocycles. The average Bonchev–Trinajstić information content (AvgIpc) is 3.35. The quantitative estimate of drug-likeness (QED) is 0.692. The predicted molar refractivity (Wildman–Crippen MR) is 121 cm³/mol. The Kier molecular flexibility index (Phi) is 5.62. The van der Waals surface area contributed by atoms with Crippen LogP contribution in [0.3, 0.4) is 0 Å². The molecule has 2 fully saturated rings. The summed E-state index contributed by atoms with van der Waals surface area (Å²) in [5.74, 6) is 0.128. The van der Waals surface area contributed by atoms with Crippen LogP contribution in [-0.4, -0.2) is 43.4 Å². The molecule has 0 N–H and O–H groups in total. The summed E-state index contributed by atoms with van der Waals surface area (Å²) in [5, 5.41) is 4.35. The number of hydrogen-bond donors (Lipinski definition) is 0. The van der Waals surface area contributed by atoms with Crippen molar-refractivity contribution in [3.05, 3.63) is 33.6 Å². The Labute approximate surface area is 188 Å². The van der Waals surface area contributed by atoms with Gasteiger partial charge < -0.3 is 14.2 Å². The number of nitrogens with zero attached hydrogens (tertiary/aromatic N) is 4. The van der Waals surface area contributed by atoms with Crippen molar-refractivity contribution in [3.63, 3.8) is 0 Å². The summed E-state index contributed by atoms with van der Waals surface area (Å²) >= 11 is 0. The van der Waals surface area contributed by atoms with Crippen LogP contribution in [-0.2, 0) is 11.3 Å². The highest BCUT2D eigenvalue weighted by molar-refractivity contribution is 5.69. The van der Waals surface area contributed by atoms with Crippen LogP contribution >= 0.6 is 0 Å².